The van der Waals surface area contributed by atoms with Crippen molar-refractivity contribution in [2.75, 3.05) is 13.2 Å². The number of nitrogens with two attached hydrogens (primary N) is 1. The third-order valence-corrected chi connectivity index (χ3v) is 2.07. The van der Waals surface area contributed by atoms with Crippen LogP contribution in [0.25, 0.3) is 0 Å². The maximum atomic E-state index is 11.3. The summed E-state index contributed by atoms with van der Waals surface area (Å²) in [5.74, 6) is -0.0594. The molecule has 84 valence electrons. The average Bonchev–Trinajstić information content (AvgIpc) is 2.17. The van der Waals surface area contributed by atoms with E-state index >= 15 is 0 Å². The molecular formula is C10H22N2O2. The summed E-state index contributed by atoms with van der Waals surface area (Å²) in [6.07, 6.45) is 4.32. The summed E-state index contributed by atoms with van der Waals surface area (Å²) in [7, 11) is 0. The summed E-state index contributed by atoms with van der Waals surface area (Å²) < 4.78 is 0. The number of aliphatic hydroxyl groups excluding tert-OH is 1. The van der Waals surface area contributed by atoms with E-state index in [0.717, 1.165) is 32.1 Å². The van der Waals surface area contributed by atoms with E-state index in [1.807, 2.05) is 6.92 Å². The minimum absolute atomic E-state index is 0.0594. The van der Waals surface area contributed by atoms with Gasteiger partial charge in [-0.1, -0.05) is 13.3 Å². The highest BCUT2D eigenvalue weighted by molar-refractivity contribution is 5.81. The van der Waals surface area contributed by atoms with Gasteiger partial charge in [-0.05, 0) is 25.7 Å². The number of carbonyl (C=O) groups is 1. The highest BCUT2D eigenvalue weighted by Crippen LogP contribution is 1.95. The molecule has 4 heteroatoms. The SMILES string of the molecule is CCCC(N)C(=O)NCCCCCO. The Morgan fingerprint density at radius 2 is 2.14 bits per heavy atom. The highest BCUT2D eigenvalue weighted by Gasteiger charge is 2.10. The molecule has 1 amide bonds. The van der Waals surface area contributed by atoms with Crippen molar-refractivity contribution >= 4 is 5.91 Å². The molecule has 0 aliphatic carbocycles. The molecule has 14 heavy (non-hydrogen) atoms. The van der Waals surface area contributed by atoms with Crippen LogP contribution in [0.2, 0.25) is 0 Å². The number of rotatable bonds is 8. The van der Waals surface area contributed by atoms with Crippen LogP contribution in [0.4, 0.5) is 0 Å². The molecule has 0 aliphatic heterocycles. The number of hydrogen-bond donors (Lipinski definition) is 3. The van der Waals surface area contributed by atoms with Crippen molar-refractivity contribution in [1.82, 2.24) is 5.32 Å². The standard InChI is InChI=1S/C10H22N2O2/c1-2-6-9(11)10(14)12-7-4-3-5-8-13/h9,13H,2-8,11H2,1H3,(H,12,14). The van der Waals surface area contributed by atoms with Gasteiger partial charge in [0.2, 0.25) is 5.91 Å². The maximum Gasteiger partial charge on any atom is 0.236 e. The van der Waals surface area contributed by atoms with Gasteiger partial charge in [-0.3, -0.25) is 4.79 Å². The molecule has 0 saturated heterocycles. The van der Waals surface area contributed by atoms with Crippen LogP contribution >= 0.6 is 0 Å². The van der Waals surface area contributed by atoms with Gasteiger partial charge in [0.1, 0.15) is 0 Å². The second kappa shape index (κ2) is 8.97. The molecule has 1 unspecified atom stereocenters. The molecule has 0 radical (unpaired) electrons. The van der Waals surface area contributed by atoms with Crippen LogP contribution in [0.15, 0.2) is 0 Å². The van der Waals surface area contributed by atoms with Crippen LogP contribution in [0, 0.1) is 0 Å². The van der Waals surface area contributed by atoms with Crippen molar-refractivity contribution in [2.45, 2.75) is 45.1 Å². The number of hydrogen-bond acceptors (Lipinski definition) is 3. The smallest absolute Gasteiger partial charge is 0.236 e. The van der Waals surface area contributed by atoms with Crippen LogP contribution < -0.4 is 11.1 Å². The second-order valence-electron chi connectivity index (χ2n) is 3.47. The van der Waals surface area contributed by atoms with Crippen molar-refractivity contribution in [3.05, 3.63) is 0 Å². The first kappa shape index (κ1) is 13.4. The van der Waals surface area contributed by atoms with Crippen molar-refractivity contribution in [2.24, 2.45) is 5.73 Å². The van der Waals surface area contributed by atoms with E-state index in [4.69, 9.17) is 10.8 Å². The lowest BCUT2D eigenvalue weighted by Gasteiger charge is -2.10. The zero-order chi connectivity index (χ0) is 10.8. The Kier molecular flexibility index (Phi) is 8.57. The Bertz CT molecular complexity index is 151. The van der Waals surface area contributed by atoms with Crippen LogP contribution in [0.5, 0.6) is 0 Å². The minimum atomic E-state index is -0.363. The van der Waals surface area contributed by atoms with Crippen molar-refractivity contribution in [3.63, 3.8) is 0 Å². The van der Waals surface area contributed by atoms with Gasteiger partial charge in [0.15, 0.2) is 0 Å². The summed E-state index contributed by atoms with van der Waals surface area (Å²) in [4.78, 5) is 11.3. The maximum absolute atomic E-state index is 11.3. The molecule has 0 aromatic rings. The first-order valence-electron chi connectivity index (χ1n) is 5.36. The van der Waals surface area contributed by atoms with Crippen molar-refractivity contribution in [3.8, 4) is 0 Å². The summed E-state index contributed by atoms with van der Waals surface area (Å²) in [5.41, 5.74) is 5.62. The molecule has 0 bridgehead atoms. The summed E-state index contributed by atoms with van der Waals surface area (Å²) >= 11 is 0. The average molecular weight is 202 g/mol. The predicted octanol–water partition coefficient (Wildman–Crippen LogP) is 0.393. The lowest BCUT2D eigenvalue weighted by molar-refractivity contribution is -0.122. The van der Waals surface area contributed by atoms with Gasteiger partial charge in [0.05, 0.1) is 6.04 Å². The molecule has 0 spiro atoms. The van der Waals surface area contributed by atoms with Crippen LogP contribution in [-0.4, -0.2) is 30.2 Å². The van der Waals surface area contributed by atoms with Crippen LogP contribution in [0.3, 0.4) is 0 Å². The molecule has 1 atom stereocenters. The van der Waals surface area contributed by atoms with Gasteiger partial charge >= 0.3 is 0 Å². The Morgan fingerprint density at radius 3 is 2.71 bits per heavy atom. The fourth-order valence-electron chi connectivity index (χ4n) is 1.20. The largest absolute Gasteiger partial charge is 0.396 e. The zero-order valence-corrected chi connectivity index (χ0v) is 8.96. The van der Waals surface area contributed by atoms with Crippen LogP contribution in [0.1, 0.15) is 39.0 Å². The lowest BCUT2D eigenvalue weighted by atomic mass is 10.1. The topological polar surface area (TPSA) is 75.4 Å². The number of unbranched alkanes of at least 4 members (excludes halogenated alkanes) is 2. The van der Waals surface area contributed by atoms with Crippen LogP contribution in [-0.2, 0) is 4.79 Å². The van der Waals surface area contributed by atoms with E-state index in [-0.39, 0.29) is 18.6 Å². The molecule has 0 aliphatic rings. The molecule has 0 fully saturated rings. The molecule has 0 rings (SSSR count). The molecule has 4 N–H and O–H groups in total. The molecule has 0 heterocycles. The van der Waals surface area contributed by atoms with Gasteiger partial charge in [0, 0.05) is 13.2 Å². The van der Waals surface area contributed by atoms with E-state index in [9.17, 15) is 4.79 Å². The fourth-order valence-corrected chi connectivity index (χ4v) is 1.20. The number of aliphatic hydroxyl groups is 1. The minimum Gasteiger partial charge on any atom is -0.396 e. The number of nitrogens with one attached hydrogen (secondary N) is 1. The number of carbonyl (C=O) groups excluding carboxylic acids is 1. The number of amides is 1. The third-order valence-electron chi connectivity index (χ3n) is 2.07. The third kappa shape index (κ3) is 6.86. The molecule has 0 saturated carbocycles. The first-order valence-corrected chi connectivity index (χ1v) is 5.36. The lowest BCUT2D eigenvalue weighted by Crippen LogP contribution is -2.40. The fraction of sp³-hybridized carbons (Fsp3) is 0.900. The highest BCUT2D eigenvalue weighted by atomic mass is 16.2. The summed E-state index contributed by atoms with van der Waals surface area (Å²) in [6.45, 7) is 2.90. The van der Waals surface area contributed by atoms with Crippen molar-refractivity contribution in [1.29, 1.82) is 0 Å². The van der Waals surface area contributed by atoms with Gasteiger partial charge in [-0.15, -0.1) is 0 Å². The van der Waals surface area contributed by atoms with Gasteiger partial charge in [-0.2, -0.15) is 0 Å². The Morgan fingerprint density at radius 1 is 1.43 bits per heavy atom. The van der Waals surface area contributed by atoms with Crippen molar-refractivity contribution < 1.29 is 9.90 Å². The van der Waals surface area contributed by atoms with Gasteiger partial charge < -0.3 is 16.2 Å². The van der Waals surface area contributed by atoms with E-state index in [0.29, 0.717) is 6.54 Å². The molecule has 4 nitrogen and oxygen atoms in total. The summed E-state index contributed by atoms with van der Waals surface area (Å²) in [6, 6.07) is -0.363. The normalized spacial score (nSPS) is 12.5. The van der Waals surface area contributed by atoms with E-state index in [1.54, 1.807) is 0 Å². The Hall–Kier alpha value is -0.610. The monoisotopic (exact) mass is 202 g/mol. The van der Waals surface area contributed by atoms with Gasteiger partial charge in [0.25, 0.3) is 0 Å². The zero-order valence-electron chi connectivity index (χ0n) is 8.96. The van der Waals surface area contributed by atoms with Gasteiger partial charge in [-0.25, -0.2) is 0 Å². The predicted molar refractivity (Wildman–Crippen MR) is 56.8 cm³/mol. The molecular weight excluding hydrogens is 180 g/mol. The quantitative estimate of drug-likeness (QED) is 0.498. The Labute approximate surface area is 85.9 Å². The van der Waals surface area contributed by atoms with E-state index < -0.39 is 0 Å². The first-order chi connectivity index (χ1) is 6.72. The second-order valence-corrected chi connectivity index (χ2v) is 3.47. The molecule has 0 aromatic carbocycles. The molecule has 0 aromatic heterocycles. The van der Waals surface area contributed by atoms with E-state index in [2.05, 4.69) is 5.32 Å². The van der Waals surface area contributed by atoms with E-state index in [1.165, 1.54) is 0 Å². The summed E-state index contributed by atoms with van der Waals surface area (Å²) in [5, 5.41) is 11.3. The Balaban J connectivity index is 3.34.